The van der Waals surface area contributed by atoms with E-state index in [0.29, 0.717) is 46.3 Å². The summed E-state index contributed by atoms with van der Waals surface area (Å²) in [6.07, 6.45) is 0.596. The number of aliphatic carboxylic acids is 1. The van der Waals surface area contributed by atoms with Gasteiger partial charge in [-0.15, -0.1) is 9.24 Å². The lowest BCUT2D eigenvalue weighted by Gasteiger charge is -2.32. The minimum absolute atomic E-state index is 0.259. The van der Waals surface area contributed by atoms with E-state index in [-0.39, 0.29) is 5.91 Å². The van der Waals surface area contributed by atoms with Gasteiger partial charge in [-0.2, -0.15) is 0 Å². The van der Waals surface area contributed by atoms with Gasteiger partial charge in [0.1, 0.15) is 5.69 Å². The van der Waals surface area contributed by atoms with E-state index >= 15 is 0 Å². The standard InChI is InChI=1S/C24H25Cl2N2O4P/c1-23(2,22(30)31)13-4-5-15(19(33)10-13)24(8-9-32-12-24)27-21(29)18-11-14-17(28(18)3)7-6-16(25)20(14)26/h4-7,10-11H,8-9,12,33H2,1-3H3,(H,27,29)(H,30,31). The molecule has 0 spiro atoms. The van der Waals surface area contributed by atoms with Crippen molar-refractivity contribution in [1.29, 1.82) is 0 Å². The maximum absolute atomic E-state index is 13.4. The molecule has 2 heterocycles. The first kappa shape index (κ1) is 24.0. The van der Waals surface area contributed by atoms with Crippen LogP contribution in [-0.4, -0.2) is 34.8 Å². The van der Waals surface area contributed by atoms with Crippen LogP contribution in [-0.2, 0) is 27.5 Å². The van der Waals surface area contributed by atoms with E-state index in [1.165, 1.54) is 0 Å². The number of hydrogen-bond acceptors (Lipinski definition) is 3. The lowest BCUT2D eigenvalue weighted by molar-refractivity contribution is -0.142. The van der Waals surface area contributed by atoms with Gasteiger partial charge < -0.3 is 19.7 Å². The molecule has 2 unspecified atom stereocenters. The molecule has 3 aromatic rings. The Morgan fingerprint density at radius 1 is 1.21 bits per heavy atom. The van der Waals surface area contributed by atoms with Gasteiger partial charge in [-0.3, -0.25) is 9.59 Å². The van der Waals surface area contributed by atoms with Crippen molar-refractivity contribution in [2.75, 3.05) is 13.2 Å². The third-order valence-electron chi connectivity index (χ3n) is 6.54. The predicted octanol–water partition coefficient (Wildman–Crippen LogP) is 4.39. The molecule has 1 aromatic heterocycles. The molecule has 0 bridgehead atoms. The number of carboxylic acids is 1. The van der Waals surface area contributed by atoms with Gasteiger partial charge in [0.05, 0.1) is 27.6 Å². The molecule has 1 aliphatic heterocycles. The Kier molecular flexibility index (Phi) is 6.25. The normalized spacial score (nSPS) is 18.6. The van der Waals surface area contributed by atoms with Gasteiger partial charge in [-0.1, -0.05) is 41.4 Å². The second-order valence-electron chi connectivity index (χ2n) is 8.95. The van der Waals surface area contributed by atoms with Gasteiger partial charge in [0.2, 0.25) is 0 Å². The number of aromatic nitrogens is 1. The Hall–Kier alpha value is -2.11. The zero-order chi connectivity index (χ0) is 24.1. The Bertz CT molecular complexity index is 1280. The molecule has 4 rings (SSSR count). The van der Waals surface area contributed by atoms with Crippen molar-refractivity contribution in [3.8, 4) is 0 Å². The highest BCUT2D eigenvalue weighted by atomic mass is 35.5. The number of ether oxygens (including phenoxy) is 1. The molecule has 1 fully saturated rings. The quantitative estimate of drug-likeness (QED) is 0.502. The van der Waals surface area contributed by atoms with Crippen LogP contribution in [0.15, 0.2) is 36.4 Å². The Morgan fingerprint density at radius 3 is 2.55 bits per heavy atom. The number of nitrogens with zero attached hydrogens (tertiary/aromatic N) is 1. The average molecular weight is 507 g/mol. The largest absolute Gasteiger partial charge is 0.481 e. The molecule has 174 valence electrons. The predicted molar refractivity (Wildman–Crippen MR) is 134 cm³/mol. The molecule has 0 aliphatic carbocycles. The lowest BCUT2D eigenvalue weighted by Crippen LogP contribution is -2.48. The molecule has 1 amide bonds. The summed E-state index contributed by atoms with van der Waals surface area (Å²) in [5, 5.41) is 15.1. The molecule has 2 N–H and O–H groups in total. The number of hydrogen-bond donors (Lipinski definition) is 2. The summed E-state index contributed by atoms with van der Waals surface area (Å²) in [5.41, 5.74) is 1.05. The van der Waals surface area contributed by atoms with Crippen LogP contribution in [0.1, 0.15) is 41.9 Å². The van der Waals surface area contributed by atoms with E-state index in [1.807, 2.05) is 31.3 Å². The molecule has 0 radical (unpaired) electrons. The minimum Gasteiger partial charge on any atom is -0.481 e. The van der Waals surface area contributed by atoms with Crippen LogP contribution >= 0.6 is 32.4 Å². The highest BCUT2D eigenvalue weighted by Crippen LogP contribution is 2.35. The first-order valence-electron chi connectivity index (χ1n) is 10.5. The van der Waals surface area contributed by atoms with Gasteiger partial charge in [0, 0.05) is 31.0 Å². The highest BCUT2D eigenvalue weighted by molar-refractivity contribution is 7.27. The molecule has 2 aromatic carbocycles. The molecular weight excluding hydrogens is 482 g/mol. The van der Waals surface area contributed by atoms with Gasteiger partial charge >= 0.3 is 5.97 Å². The lowest BCUT2D eigenvalue weighted by atomic mass is 9.81. The van der Waals surface area contributed by atoms with Crippen LogP contribution in [0.4, 0.5) is 0 Å². The van der Waals surface area contributed by atoms with Crippen molar-refractivity contribution in [3.63, 3.8) is 0 Å². The van der Waals surface area contributed by atoms with E-state index < -0.39 is 16.9 Å². The Morgan fingerprint density at radius 2 is 1.94 bits per heavy atom. The van der Waals surface area contributed by atoms with E-state index in [9.17, 15) is 14.7 Å². The number of carbonyl (C=O) groups excluding carboxylic acids is 1. The zero-order valence-electron chi connectivity index (χ0n) is 18.5. The maximum Gasteiger partial charge on any atom is 0.313 e. The van der Waals surface area contributed by atoms with Gasteiger partial charge in [0.25, 0.3) is 5.91 Å². The fraction of sp³-hybridized carbons (Fsp3) is 0.333. The molecule has 1 saturated heterocycles. The van der Waals surface area contributed by atoms with Gasteiger partial charge in [0.15, 0.2) is 0 Å². The van der Waals surface area contributed by atoms with Crippen LogP contribution in [0.25, 0.3) is 10.9 Å². The molecular formula is C24H25Cl2N2O4P. The van der Waals surface area contributed by atoms with E-state index in [0.717, 1.165) is 16.4 Å². The van der Waals surface area contributed by atoms with Crippen molar-refractivity contribution in [3.05, 3.63) is 63.3 Å². The van der Waals surface area contributed by atoms with Crippen LogP contribution < -0.4 is 10.6 Å². The first-order chi connectivity index (χ1) is 15.5. The SMILES string of the molecule is Cn1c(C(=O)NC2(c3ccc(C(C)(C)C(=O)O)cc3P)CCOC2)cc2c(Cl)c(Cl)ccc21. The molecule has 2 atom stereocenters. The Balaban J connectivity index is 1.72. The van der Waals surface area contributed by atoms with E-state index in [4.69, 9.17) is 27.9 Å². The van der Waals surface area contributed by atoms with Crippen molar-refractivity contribution in [1.82, 2.24) is 9.88 Å². The third-order valence-corrected chi connectivity index (χ3v) is 7.84. The third kappa shape index (κ3) is 4.04. The minimum atomic E-state index is -1.03. The second-order valence-corrected chi connectivity index (χ2v) is 10.4. The smallest absolute Gasteiger partial charge is 0.313 e. The summed E-state index contributed by atoms with van der Waals surface area (Å²) < 4.78 is 7.49. The van der Waals surface area contributed by atoms with Gasteiger partial charge in [-0.25, -0.2) is 0 Å². The monoisotopic (exact) mass is 506 g/mol. The maximum atomic E-state index is 13.4. The summed E-state index contributed by atoms with van der Waals surface area (Å²) in [4.78, 5) is 25.1. The number of carbonyl (C=O) groups is 2. The summed E-state index contributed by atoms with van der Waals surface area (Å²) in [7, 11) is 4.48. The van der Waals surface area contributed by atoms with Crippen LogP contribution in [0.5, 0.6) is 0 Å². The summed E-state index contributed by atoms with van der Waals surface area (Å²) in [6, 6.07) is 10.8. The second kappa shape index (κ2) is 8.59. The Labute approximate surface area is 204 Å². The topological polar surface area (TPSA) is 80.6 Å². The number of carboxylic acid groups (broad SMARTS) is 1. The molecule has 0 saturated carbocycles. The van der Waals surface area contributed by atoms with Crippen LogP contribution in [0.3, 0.4) is 0 Å². The van der Waals surface area contributed by atoms with Crippen LogP contribution in [0.2, 0.25) is 10.0 Å². The average Bonchev–Trinajstić information content (AvgIpc) is 3.36. The number of benzene rings is 2. The summed E-state index contributed by atoms with van der Waals surface area (Å²) >= 11 is 12.5. The first-order valence-corrected chi connectivity index (χ1v) is 11.8. The van der Waals surface area contributed by atoms with Crippen molar-refractivity contribution in [2.24, 2.45) is 7.05 Å². The number of rotatable bonds is 5. The van der Waals surface area contributed by atoms with Gasteiger partial charge in [-0.05, 0) is 48.5 Å². The number of halogens is 2. The highest BCUT2D eigenvalue weighted by Gasteiger charge is 2.41. The summed E-state index contributed by atoms with van der Waals surface area (Å²) in [5.74, 6) is -1.16. The van der Waals surface area contributed by atoms with Crippen molar-refractivity contribution >= 4 is 60.5 Å². The number of fused-ring (bicyclic) bond motifs is 1. The van der Waals surface area contributed by atoms with Crippen molar-refractivity contribution < 1.29 is 19.4 Å². The molecule has 9 heteroatoms. The number of nitrogens with one attached hydrogen (secondary N) is 1. The van der Waals surface area contributed by atoms with E-state index in [2.05, 4.69) is 14.6 Å². The number of aryl methyl sites for hydroxylation is 1. The molecule has 6 nitrogen and oxygen atoms in total. The molecule has 33 heavy (non-hydrogen) atoms. The van der Waals surface area contributed by atoms with Crippen molar-refractivity contribution in [2.45, 2.75) is 31.2 Å². The number of amides is 1. The zero-order valence-corrected chi connectivity index (χ0v) is 21.2. The fourth-order valence-electron chi connectivity index (χ4n) is 4.30. The molecule has 1 aliphatic rings. The summed E-state index contributed by atoms with van der Waals surface area (Å²) in [6.45, 7) is 4.16. The van der Waals surface area contributed by atoms with Crippen LogP contribution in [0, 0.1) is 0 Å². The van der Waals surface area contributed by atoms with E-state index in [1.54, 1.807) is 30.5 Å². The fourth-order valence-corrected chi connectivity index (χ4v) is 5.23.